The maximum Gasteiger partial charge on any atom is 0.227 e. The first-order valence-corrected chi connectivity index (χ1v) is 9.41. The summed E-state index contributed by atoms with van der Waals surface area (Å²) in [6.07, 6.45) is 9.88. The highest BCUT2D eigenvalue weighted by atomic mass is 15.3. The number of nitrogens with one attached hydrogen (secondary N) is 1. The van der Waals surface area contributed by atoms with Crippen molar-refractivity contribution in [2.45, 2.75) is 32.2 Å². The van der Waals surface area contributed by atoms with E-state index in [2.05, 4.69) is 53.0 Å². The minimum Gasteiger partial charge on any atom is -0.373 e. The number of rotatable bonds is 5. The third kappa shape index (κ3) is 3.92. The van der Waals surface area contributed by atoms with Crippen molar-refractivity contribution in [3.8, 4) is 0 Å². The maximum atomic E-state index is 4.68. The molecule has 0 radical (unpaired) electrons. The first-order valence-electron chi connectivity index (χ1n) is 9.41. The lowest BCUT2D eigenvalue weighted by molar-refractivity contribution is 0.471. The highest BCUT2D eigenvalue weighted by Crippen LogP contribution is 2.28. The van der Waals surface area contributed by atoms with Gasteiger partial charge in [-0.3, -0.25) is 4.98 Å². The number of aromatic nitrogens is 5. The molecule has 0 amide bonds. The second-order valence-corrected chi connectivity index (χ2v) is 7.00. The molecule has 0 spiro atoms. The van der Waals surface area contributed by atoms with E-state index in [0.717, 1.165) is 55.8 Å². The molecule has 0 bridgehead atoms. The summed E-state index contributed by atoms with van der Waals surface area (Å²) in [6.45, 7) is 4.70. The van der Waals surface area contributed by atoms with Gasteiger partial charge < -0.3 is 14.8 Å². The van der Waals surface area contributed by atoms with Gasteiger partial charge in [0.2, 0.25) is 5.95 Å². The van der Waals surface area contributed by atoms with Crippen LogP contribution in [0.1, 0.15) is 35.8 Å². The first-order chi connectivity index (χ1) is 13.2. The molecule has 1 fully saturated rings. The fourth-order valence-corrected chi connectivity index (χ4v) is 3.69. The van der Waals surface area contributed by atoms with Crippen LogP contribution in [0, 0.1) is 6.92 Å². The predicted molar refractivity (Wildman–Crippen MR) is 106 cm³/mol. The molecule has 1 aliphatic rings. The Morgan fingerprint density at radius 2 is 2.04 bits per heavy atom. The van der Waals surface area contributed by atoms with Crippen LogP contribution >= 0.6 is 0 Å². The molecule has 1 atom stereocenters. The number of anilines is 2. The van der Waals surface area contributed by atoms with Crippen LogP contribution in [-0.4, -0.2) is 44.6 Å². The molecule has 0 aliphatic carbocycles. The highest BCUT2D eigenvalue weighted by molar-refractivity contribution is 5.43. The second kappa shape index (κ2) is 7.73. The Kier molecular flexibility index (Phi) is 5.00. The number of nitrogens with zero attached hydrogens (tertiary/aromatic N) is 6. The Hall–Kier alpha value is -2.96. The number of aryl methyl sites for hydroxylation is 1. The normalized spacial score (nSPS) is 17.1. The fraction of sp³-hybridized carbons (Fsp3) is 0.400. The van der Waals surface area contributed by atoms with E-state index in [4.69, 9.17) is 0 Å². The van der Waals surface area contributed by atoms with Crippen LogP contribution < -0.4 is 10.2 Å². The summed E-state index contributed by atoms with van der Waals surface area (Å²) < 4.78 is 2.25. The molecule has 1 N–H and O–H groups in total. The van der Waals surface area contributed by atoms with Gasteiger partial charge in [-0.05, 0) is 37.5 Å². The molecule has 3 aromatic heterocycles. The number of pyridine rings is 1. The summed E-state index contributed by atoms with van der Waals surface area (Å²) >= 11 is 0. The monoisotopic (exact) mass is 363 g/mol. The van der Waals surface area contributed by atoms with Crippen molar-refractivity contribution in [1.29, 1.82) is 0 Å². The smallest absolute Gasteiger partial charge is 0.227 e. The zero-order valence-electron chi connectivity index (χ0n) is 15.8. The molecule has 0 saturated carbocycles. The standard InChI is InChI=1S/C20H25N7/c1-15-12-18(21-2)25-20(24-15)27-10-3-4-17(14-27)19-23-9-11-26(19)13-16-5-7-22-8-6-16/h5-9,11-12,17H,3-4,10,13-14H2,1-2H3,(H,21,24,25). The summed E-state index contributed by atoms with van der Waals surface area (Å²) in [7, 11) is 1.89. The quantitative estimate of drug-likeness (QED) is 0.752. The topological polar surface area (TPSA) is 71.8 Å². The van der Waals surface area contributed by atoms with Crippen molar-refractivity contribution < 1.29 is 0 Å². The zero-order chi connectivity index (χ0) is 18.6. The molecular weight excluding hydrogens is 338 g/mol. The van der Waals surface area contributed by atoms with E-state index in [1.807, 2.05) is 38.6 Å². The van der Waals surface area contributed by atoms with Gasteiger partial charge in [-0.25, -0.2) is 9.97 Å². The Balaban J connectivity index is 1.54. The van der Waals surface area contributed by atoms with E-state index in [0.29, 0.717) is 5.92 Å². The van der Waals surface area contributed by atoms with Gasteiger partial charge in [0.05, 0.1) is 0 Å². The molecule has 140 valence electrons. The summed E-state index contributed by atoms with van der Waals surface area (Å²) in [5, 5.41) is 3.12. The van der Waals surface area contributed by atoms with Crippen LogP contribution in [-0.2, 0) is 6.54 Å². The Morgan fingerprint density at radius 1 is 1.19 bits per heavy atom. The van der Waals surface area contributed by atoms with Crippen molar-refractivity contribution in [1.82, 2.24) is 24.5 Å². The van der Waals surface area contributed by atoms with E-state index >= 15 is 0 Å². The lowest BCUT2D eigenvalue weighted by Crippen LogP contribution is -2.36. The van der Waals surface area contributed by atoms with Crippen LogP contribution in [0.5, 0.6) is 0 Å². The van der Waals surface area contributed by atoms with Gasteiger partial charge in [0.1, 0.15) is 11.6 Å². The minimum atomic E-state index is 0.373. The summed E-state index contributed by atoms with van der Waals surface area (Å²) in [6, 6.07) is 6.07. The molecular formula is C20H25N7. The van der Waals surface area contributed by atoms with E-state index in [9.17, 15) is 0 Å². The lowest BCUT2D eigenvalue weighted by atomic mass is 9.97. The van der Waals surface area contributed by atoms with E-state index < -0.39 is 0 Å². The predicted octanol–water partition coefficient (Wildman–Crippen LogP) is 2.85. The number of piperidine rings is 1. The molecule has 27 heavy (non-hydrogen) atoms. The summed E-state index contributed by atoms with van der Waals surface area (Å²) in [5.41, 5.74) is 2.21. The Morgan fingerprint density at radius 3 is 2.85 bits per heavy atom. The van der Waals surface area contributed by atoms with Gasteiger partial charge in [-0.2, -0.15) is 4.98 Å². The average Bonchev–Trinajstić information content (AvgIpc) is 3.16. The summed E-state index contributed by atoms with van der Waals surface area (Å²) in [5.74, 6) is 3.17. The van der Waals surface area contributed by atoms with Crippen molar-refractivity contribution in [3.05, 3.63) is 60.1 Å². The van der Waals surface area contributed by atoms with Crippen molar-refractivity contribution in [2.75, 3.05) is 30.4 Å². The second-order valence-electron chi connectivity index (χ2n) is 7.00. The largest absolute Gasteiger partial charge is 0.373 e. The van der Waals surface area contributed by atoms with Gasteiger partial charge in [0.25, 0.3) is 0 Å². The molecule has 7 nitrogen and oxygen atoms in total. The lowest BCUT2D eigenvalue weighted by Gasteiger charge is -2.33. The highest BCUT2D eigenvalue weighted by Gasteiger charge is 2.26. The number of hydrogen-bond donors (Lipinski definition) is 1. The average molecular weight is 363 g/mol. The Labute approximate surface area is 159 Å². The van der Waals surface area contributed by atoms with E-state index in [-0.39, 0.29) is 0 Å². The third-order valence-electron chi connectivity index (χ3n) is 5.02. The first kappa shape index (κ1) is 17.5. The Bertz CT molecular complexity index is 890. The van der Waals surface area contributed by atoms with Crippen LogP contribution in [0.2, 0.25) is 0 Å². The molecule has 1 aliphatic heterocycles. The third-order valence-corrected chi connectivity index (χ3v) is 5.02. The SMILES string of the molecule is CNc1cc(C)nc(N2CCCC(c3nccn3Cc3ccncc3)C2)n1. The van der Waals surface area contributed by atoms with Gasteiger partial charge >= 0.3 is 0 Å². The molecule has 1 saturated heterocycles. The molecule has 3 aromatic rings. The van der Waals surface area contributed by atoms with Crippen LogP contribution in [0.15, 0.2) is 43.0 Å². The zero-order valence-corrected chi connectivity index (χ0v) is 15.8. The van der Waals surface area contributed by atoms with Gasteiger partial charge in [0, 0.05) is 69.1 Å². The van der Waals surface area contributed by atoms with Crippen LogP contribution in [0.25, 0.3) is 0 Å². The van der Waals surface area contributed by atoms with E-state index in [1.54, 1.807) is 0 Å². The maximum absolute atomic E-state index is 4.68. The van der Waals surface area contributed by atoms with Crippen molar-refractivity contribution in [2.24, 2.45) is 0 Å². The van der Waals surface area contributed by atoms with Gasteiger partial charge in [-0.15, -0.1) is 0 Å². The van der Waals surface area contributed by atoms with Crippen molar-refractivity contribution in [3.63, 3.8) is 0 Å². The van der Waals surface area contributed by atoms with Crippen molar-refractivity contribution >= 4 is 11.8 Å². The molecule has 1 unspecified atom stereocenters. The van der Waals surface area contributed by atoms with Gasteiger partial charge in [-0.1, -0.05) is 0 Å². The molecule has 7 heteroatoms. The molecule has 4 rings (SSSR count). The van der Waals surface area contributed by atoms with Gasteiger partial charge in [0.15, 0.2) is 0 Å². The van der Waals surface area contributed by atoms with E-state index in [1.165, 1.54) is 5.56 Å². The molecule has 4 heterocycles. The van der Waals surface area contributed by atoms with Crippen LogP contribution in [0.3, 0.4) is 0 Å². The molecule has 0 aromatic carbocycles. The minimum absolute atomic E-state index is 0.373. The van der Waals surface area contributed by atoms with Crippen LogP contribution in [0.4, 0.5) is 11.8 Å². The number of imidazole rings is 1. The number of hydrogen-bond acceptors (Lipinski definition) is 6. The summed E-state index contributed by atoms with van der Waals surface area (Å²) in [4.78, 5) is 20.4. The fourth-order valence-electron chi connectivity index (χ4n) is 3.69.